The molecule has 4 N–H and O–H groups in total. The zero-order valence-electron chi connectivity index (χ0n) is 6.58. The van der Waals surface area contributed by atoms with Crippen LogP contribution in [0.15, 0.2) is 12.1 Å². The summed E-state index contributed by atoms with van der Waals surface area (Å²) in [6, 6.07) is 3.51. The third-order valence-corrected chi connectivity index (χ3v) is 2.91. The van der Waals surface area contributed by atoms with E-state index in [1.165, 1.54) is 0 Å². The molecule has 0 bridgehead atoms. The van der Waals surface area contributed by atoms with E-state index in [-0.39, 0.29) is 0 Å². The maximum absolute atomic E-state index is 8.98. The molecule has 0 radical (unpaired) electrons. The molecule has 0 amide bonds. The molecule has 0 saturated heterocycles. The van der Waals surface area contributed by atoms with Crippen molar-refractivity contribution in [2.45, 2.75) is 13.2 Å². The second-order valence-electron chi connectivity index (χ2n) is 2.55. The molecule has 0 spiro atoms. The summed E-state index contributed by atoms with van der Waals surface area (Å²) in [5.74, 6) is 0. The molecule has 3 nitrogen and oxygen atoms in total. The third kappa shape index (κ3) is 1.70. The van der Waals surface area contributed by atoms with Gasteiger partial charge in [0.2, 0.25) is 0 Å². The summed E-state index contributed by atoms with van der Waals surface area (Å²) in [7, 11) is 0. The first-order valence-corrected chi connectivity index (χ1v) is 4.52. The first-order chi connectivity index (χ1) is 5.54. The molecular weight excluding hydrogens is 269 g/mol. The molecule has 0 unspecified atom stereocenters. The Bertz CT molecular complexity index is 299. The minimum absolute atomic E-state index is 0.405. The van der Waals surface area contributed by atoms with Crippen molar-refractivity contribution in [3.63, 3.8) is 0 Å². The van der Waals surface area contributed by atoms with Crippen molar-refractivity contribution < 1.29 is 10.2 Å². The van der Waals surface area contributed by atoms with E-state index < -0.39 is 6.29 Å². The van der Waals surface area contributed by atoms with Gasteiger partial charge in [-0.15, -0.1) is 0 Å². The van der Waals surface area contributed by atoms with Crippen LogP contribution in [0.1, 0.15) is 17.4 Å². The molecule has 0 atom stereocenters. The largest absolute Gasteiger partial charge is 0.398 e. The van der Waals surface area contributed by atoms with E-state index in [9.17, 15) is 0 Å². The van der Waals surface area contributed by atoms with Crippen LogP contribution in [0.25, 0.3) is 0 Å². The van der Waals surface area contributed by atoms with Gasteiger partial charge in [0.15, 0.2) is 6.29 Å². The number of hydrogen-bond acceptors (Lipinski definition) is 3. The molecule has 0 aromatic heterocycles. The van der Waals surface area contributed by atoms with Crippen molar-refractivity contribution in [3.8, 4) is 0 Å². The lowest BCUT2D eigenvalue weighted by molar-refractivity contribution is -0.0423. The van der Waals surface area contributed by atoms with Crippen LogP contribution in [0, 0.1) is 10.5 Å². The van der Waals surface area contributed by atoms with Crippen LogP contribution in [0.2, 0.25) is 0 Å². The van der Waals surface area contributed by atoms with E-state index in [2.05, 4.69) is 22.6 Å². The van der Waals surface area contributed by atoms with E-state index in [4.69, 9.17) is 15.9 Å². The van der Waals surface area contributed by atoms with Crippen LogP contribution < -0.4 is 5.73 Å². The summed E-state index contributed by atoms with van der Waals surface area (Å²) in [4.78, 5) is 0. The Morgan fingerprint density at radius 1 is 1.42 bits per heavy atom. The molecule has 4 heteroatoms. The van der Waals surface area contributed by atoms with Gasteiger partial charge < -0.3 is 15.9 Å². The van der Waals surface area contributed by atoms with E-state index >= 15 is 0 Å². The quantitative estimate of drug-likeness (QED) is 0.410. The van der Waals surface area contributed by atoms with Gasteiger partial charge in [-0.3, -0.25) is 0 Å². The number of benzene rings is 1. The molecule has 12 heavy (non-hydrogen) atoms. The monoisotopic (exact) mass is 279 g/mol. The molecule has 1 rings (SSSR count). The lowest BCUT2D eigenvalue weighted by Crippen LogP contribution is -2.04. The van der Waals surface area contributed by atoms with Crippen LogP contribution in [0.4, 0.5) is 5.69 Å². The fraction of sp³-hybridized carbons (Fsp3) is 0.250. The van der Waals surface area contributed by atoms with Crippen molar-refractivity contribution in [2.24, 2.45) is 0 Å². The van der Waals surface area contributed by atoms with E-state index in [1.54, 1.807) is 6.07 Å². The summed E-state index contributed by atoms with van der Waals surface area (Å²) in [5, 5.41) is 18.0. The second kappa shape index (κ2) is 3.59. The van der Waals surface area contributed by atoms with Gasteiger partial charge in [-0.05, 0) is 47.2 Å². The summed E-state index contributed by atoms with van der Waals surface area (Å²) < 4.78 is 0.977. The molecule has 0 aliphatic heterocycles. The molecule has 1 aromatic carbocycles. The molecule has 0 heterocycles. The highest BCUT2D eigenvalue weighted by atomic mass is 127. The Hall–Kier alpha value is -0.330. The number of rotatable bonds is 1. The Morgan fingerprint density at radius 2 is 2.00 bits per heavy atom. The number of halogens is 1. The Labute approximate surface area is 84.4 Å². The van der Waals surface area contributed by atoms with Crippen molar-refractivity contribution in [1.82, 2.24) is 0 Å². The van der Waals surface area contributed by atoms with Gasteiger partial charge >= 0.3 is 0 Å². The first-order valence-electron chi connectivity index (χ1n) is 3.44. The van der Waals surface area contributed by atoms with Gasteiger partial charge in [0, 0.05) is 14.8 Å². The minimum Gasteiger partial charge on any atom is -0.398 e. The fourth-order valence-corrected chi connectivity index (χ4v) is 1.54. The van der Waals surface area contributed by atoms with E-state index in [0.717, 1.165) is 9.13 Å². The van der Waals surface area contributed by atoms with Crippen molar-refractivity contribution in [2.75, 3.05) is 5.73 Å². The van der Waals surface area contributed by atoms with Crippen LogP contribution in [-0.2, 0) is 0 Å². The Morgan fingerprint density at radius 3 is 2.42 bits per heavy atom. The molecule has 0 saturated carbocycles. The van der Waals surface area contributed by atoms with Gasteiger partial charge in [0.1, 0.15) is 0 Å². The third-order valence-electron chi connectivity index (χ3n) is 1.74. The number of aliphatic hydroxyl groups is 2. The number of aliphatic hydroxyl groups excluding tert-OH is 1. The van der Waals surface area contributed by atoms with Crippen molar-refractivity contribution >= 4 is 28.3 Å². The van der Waals surface area contributed by atoms with Gasteiger partial charge in [0.05, 0.1) is 0 Å². The summed E-state index contributed by atoms with van der Waals surface area (Å²) >= 11 is 2.12. The van der Waals surface area contributed by atoms with Crippen LogP contribution in [-0.4, -0.2) is 10.2 Å². The average molecular weight is 279 g/mol. The standard InChI is InChI=1S/C8H10INO2/c1-4-5(9)2-3-6(10)7(4)8(11)12/h2-3,8,11-12H,10H2,1H3. The second-order valence-corrected chi connectivity index (χ2v) is 3.71. The predicted molar refractivity (Wildman–Crippen MR) is 55.5 cm³/mol. The topological polar surface area (TPSA) is 66.5 Å². The van der Waals surface area contributed by atoms with Crippen molar-refractivity contribution in [1.29, 1.82) is 0 Å². The maximum atomic E-state index is 8.98. The highest BCUT2D eigenvalue weighted by Crippen LogP contribution is 2.26. The van der Waals surface area contributed by atoms with Gasteiger partial charge in [0.25, 0.3) is 0 Å². The zero-order valence-corrected chi connectivity index (χ0v) is 8.74. The van der Waals surface area contributed by atoms with Gasteiger partial charge in [-0.25, -0.2) is 0 Å². The zero-order chi connectivity index (χ0) is 9.30. The highest BCUT2D eigenvalue weighted by molar-refractivity contribution is 14.1. The van der Waals surface area contributed by atoms with E-state index in [0.29, 0.717) is 11.3 Å². The van der Waals surface area contributed by atoms with Crippen LogP contribution in [0.3, 0.4) is 0 Å². The molecule has 0 aliphatic carbocycles. The number of nitrogen functional groups attached to an aromatic ring is 1. The molecule has 0 aliphatic rings. The smallest absolute Gasteiger partial charge is 0.180 e. The molecule has 0 fully saturated rings. The fourth-order valence-electron chi connectivity index (χ4n) is 1.07. The van der Waals surface area contributed by atoms with Gasteiger partial charge in [-0.2, -0.15) is 0 Å². The number of nitrogens with two attached hydrogens (primary N) is 1. The van der Waals surface area contributed by atoms with Crippen LogP contribution in [0.5, 0.6) is 0 Å². The molecule has 1 aromatic rings. The number of anilines is 1. The maximum Gasteiger partial charge on any atom is 0.180 e. The van der Waals surface area contributed by atoms with Crippen molar-refractivity contribution in [3.05, 3.63) is 26.8 Å². The van der Waals surface area contributed by atoms with E-state index in [1.807, 2.05) is 13.0 Å². The lowest BCUT2D eigenvalue weighted by atomic mass is 10.1. The molecular formula is C8H10INO2. The summed E-state index contributed by atoms with van der Waals surface area (Å²) in [6.07, 6.45) is -1.49. The SMILES string of the molecule is Cc1c(I)ccc(N)c1C(O)O. The average Bonchev–Trinajstić information content (AvgIpc) is 1.97. The Balaban J connectivity index is 3.33. The van der Waals surface area contributed by atoms with Gasteiger partial charge in [-0.1, -0.05) is 0 Å². The highest BCUT2D eigenvalue weighted by Gasteiger charge is 2.12. The summed E-state index contributed by atoms with van der Waals surface area (Å²) in [6.45, 7) is 1.81. The summed E-state index contributed by atoms with van der Waals surface area (Å²) in [5.41, 5.74) is 7.22. The number of hydrogen-bond donors (Lipinski definition) is 3. The predicted octanol–water partition coefficient (Wildman–Crippen LogP) is 1.17. The Kier molecular flexibility index (Phi) is 2.92. The minimum atomic E-state index is -1.49. The molecule has 66 valence electrons. The van der Waals surface area contributed by atoms with Crippen LogP contribution >= 0.6 is 22.6 Å². The first kappa shape index (κ1) is 9.76. The normalized spacial score (nSPS) is 10.8. The lowest BCUT2D eigenvalue weighted by Gasteiger charge is -2.12.